The lowest BCUT2D eigenvalue weighted by Crippen LogP contribution is -2.45. The highest BCUT2D eigenvalue weighted by molar-refractivity contribution is 6.32. The molecular formula is C13H17ClN2O. The Morgan fingerprint density at radius 3 is 2.82 bits per heavy atom. The largest absolute Gasteiger partial charge is 0.506 e. The summed E-state index contributed by atoms with van der Waals surface area (Å²) < 4.78 is 0. The Balaban J connectivity index is 2.22. The first-order valence-electron chi connectivity index (χ1n) is 5.91. The number of rotatable bonds is 0. The van der Waals surface area contributed by atoms with Crippen LogP contribution in [0.15, 0.2) is 12.1 Å². The number of aromatic hydroxyl groups is 1. The summed E-state index contributed by atoms with van der Waals surface area (Å²) in [6, 6.07) is 3.72. The molecule has 2 atom stereocenters. The minimum absolute atomic E-state index is 0.0981. The number of benzene rings is 1. The summed E-state index contributed by atoms with van der Waals surface area (Å²) in [6.45, 7) is 3.37. The van der Waals surface area contributed by atoms with Gasteiger partial charge in [0.1, 0.15) is 5.75 Å². The molecule has 0 bridgehead atoms. The summed E-state index contributed by atoms with van der Waals surface area (Å²) in [5, 5.41) is 10.2. The third-order valence-electron chi connectivity index (χ3n) is 4.40. The molecular weight excluding hydrogens is 236 g/mol. The first kappa shape index (κ1) is 11.2. The maximum atomic E-state index is 9.81. The van der Waals surface area contributed by atoms with E-state index in [0.717, 1.165) is 18.7 Å². The summed E-state index contributed by atoms with van der Waals surface area (Å²) in [6.07, 6.45) is 1.49. The number of nitrogens with zero attached hydrogens (tertiary/aromatic N) is 2. The quantitative estimate of drug-likeness (QED) is 0.768. The molecule has 1 saturated heterocycles. The van der Waals surface area contributed by atoms with Gasteiger partial charge in [-0.25, -0.2) is 0 Å². The monoisotopic (exact) mass is 252 g/mol. The molecule has 0 aromatic heterocycles. The Morgan fingerprint density at radius 2 is 2.12 bits per heavy atom. The minimum atomic E-state index is 0.0981. The van der Waals surface area contributed by atoms with E-state index in [2.05, 4.69) is 30.8 Å². The van der Waals surface area contributed by atoms with E-state index < -0.39 is 0 Å². The van der Waals surface area contributed by atoms with Crippen molar-refractivity contribution in [3.05, 3.63) is 22.7 Å². The van der Waals surface area contributed by atoms with Crippen molar-refractivity contribution >= 4 is 17.3 Å². The lowest BCUT2D eigenvalue weighted by molar-refractivity contribution is 0.268. The van der Waals surface area contributed by atoms with E-state index in [4.69, 9.17) is 11.6 Å². The predicted octanol–water partition coefficient (Wildman–Crippen LogP) is 2.41. The van der Waals surface area contributed by atoms with Crippen molar-refractivity contribution in [2.24, 2.45) is 0 Å². The number of likely N-dealkylation sites (tertiary alicyclic amines) is 1. The Kier molecular flexibility index (Phi) is 2.17. The molecule has 1 aromatic rings. The molecule has 2 aliphatic heterocycles. The van der Waals surface area contributed by atoms with Gasteiger partial charge in [-0.3, -0.25) is 4.90 Å². The molecule has 0 radical (unpaired) electrons. The highest BCUT2D eigenvalue weighted by Crippen LogP contribution is 2.52. The van der Waals surface area contributed by atoms with E-state index >= 15 is 0 Å². The van der Waals surface area contributed by atoms with Crippen LogP contribution < -0.4 is 4.90 Å². The number of halogens is 1. The van der Waals surface area contributed by atoms with Crippen molar-refractivity contribution in [3.63, 3.8) is 0 Å². The van der Waals surface area contributed by atoms with Crippen LogP contribution in [0.5, 0.6) is 5.75 Å². The van der Waals surface area contributed by atoms with E-state index in [1.807, 2.05) is 12.1 Å². The van der Waals surface area contributed by atoms with E-state index in [0.29, 0.717) is 11.2 Å². The second-order valence-electron chi connectivity index (χ2n) is 5.45. The third-order valence-corrected chi connectivity index (χ3v) is 4.70. The number of anilines is 1. The lowest BCUT2D eigenvalue weighted by atomic mass is 9.81. The van der Waals surface area contributed by atoms with Crippen LogP contribution in [-0.4, -0.2) is 36.8 Å². The molecule has 1 aromatic carbocycles. The van der Waals surface area contributed by atoms with Gasteiger partial charge in [0.25, 0.3) is 0 Å². The number of hydrogen-bond donors (Lipinski definition) is 1. The number of hydrogen-bond acceptors (Lipinski definition) is 3. The highest BCUT2D eigenvalue weighted by Gasteiger charge is 2.52. The Morgan fingerprint density at radius 1 is 1.41 bits per heavy atom. The fourth-order valence-electron chi connectivity index (χ4n) is 3.58. The number of phenolic OH excluding ortho intramolecular Hbond substituents is 1. The zero-order valence-corrected chi connectivity index (χ0v) is 11.1. The lowest BCUT2D eigenvalue weighted by Gasteiger charge is -2.32. The molecule has 3 rings (SSSR count). The first-order valence-corrected chi connectivity index (χ1v) is 6.29. The molecule has 92 valence electrons. The maximum Gasteiger partial charge on any atom is 0.134 e. The van der Waals surface area contributed by atoms with Gasteiger partial charge >= 0.3 is 0 Å². The Labute approximate surface area is 107 Å². The molecule has 0 amide bonds. The van der Waals surface area contributed by atoms with E-state index in [9.17, 15) is 5.11 Å². The van der Waals surface area contributed by atoms with Crippen molar-refractivity contribution in [2.45, 2.75) is 24.9 Å². The van der Waals surface area contributed by atoms with Gasteiger partial charge in [0.15, 0.2) is 0 Å². The molecule has 1 N–H and O–H groups in total. The fourth-order valence-corrected chi connectivity index (χ4v) is 3.73. The molecule has 0 saturated carbocycles. The molecule has 0 aliphatic carbocycles. The average Bonchev–Trinajstić information content (AvgIpc) is 2.67. The Hall–Kier alpha value is -0.930. The molecule has 0 unspecified atom stereocenters. The van der Waals surface area contributed by atoms with Crippen molar-refractivity contribution in [3.8, 4) is 5.75 Å². The fraction of sp³-hybridized carbons (Fsp3) is 0.538. The second-order valence-corrected chi connectivity index (χ2v) is 5.86. The van der Waals surface area contributed by atoms with E-state index in [1.165, 1.54) is 5.56 Å². The van der Waals surface area contributed by atoms with Crippen LogP contribution in [0.4, 0.5) is 5.69 Å². The molecule has 2 heterocycles. The van der Waals surface area contributed by atoms with Crippen molar-refractivity contribution in [1.29, 1.82) is 0 Å². The zero-order chi connectivity index (χ0) is 12.4. The van der Waals surface area contributed by atoms with Gasteiger partial charge in [-0.05, 0) is 31.2 Å². The van der Waals surface area contributed by atoms with Crippen LogP contribution in [0.2, 0.25) is 5.02 Å². The molecule has 1 fully saturated rings. The number of fused-ring (bicyclic) bond motifs is 3. The summed E-state index contributed by atoms with van der Waals surface area (Å²) in [5.41, 5.74) is 2.46. The highest BCUT2D eigenvalue weighted by atomic mass is 35.5. The van der Waals surface area contributed by atoms with E-state index in [-0.39, 0.29) is 11.2 Å². The molecule has 0 spiro atoms. The summed E-state index contributed by atoms with van der Waals surface area (Å²) in [4.78, 5) is 4.64. The summed E-state index contributed by atoms with van der Waals surface area (Å²) >= 11 is 6.01. The molecule has 17 heavy (non-hydrogen) atoms. The van der Waals surface area contributed by atoms with Gasteiger partial charge in [0.2, 0.25) is 0 Å². The van der Waals surface area contributed by atoms with Crippen LogP contribution in [0.25, 0.3) is 0 Å². The third kappa shape index (κ3) is 1.27. The van der Waals surface area contributed by atoms with Gasteiger partial charge in [0, 0.05) is 24.7 Å². The van der Waals surface area contributed by atoms with Crippen LogP contribution in [0.1, 0.15) is 18.9 Å². The van der Waals surface area contributed by atoms with E-state index in [1.54, 1.807) is 0 Å². The SMILES string of the molecule is CN1CC[C@@]2(C)c3cc(O)c(Cl)cc3N(C)[C@@H]12. The second kappa shape index (κ2) is 3.30. The first-order chi connectivity index (χ1) is 7.95. The van der Waals surface area contributed by atoms with Crippen LogP contribution in [-0.2, 0) is 5.41 Å². The van der Waals surface area contributed by atoms with Gasteiger partial charge < -0.3 is 10.0 Å². The average molecular weight is 253 g/mol. The van der Waals surface area contributed by atoms with Gasteiger partial charge in [-0.2, -0.15) is 0 Å². The van der Waals surface area contributed by atoms with Crippen molar-refractivity contribution in [1.82, 2.24) is 4.90 Å². The Bertz CT molecular complexity index is 491. The molecule has 4 heteroatoms. The minimum Gasteiger partial charge on any atom is -0.506 e. The van der Waals surface area contributed by atoms with Crippen LogP contribution in [0, 0.1) is 0 Å². The standard InChI is InChI=1S/C13H17ClN2O/c1-13-4-5-15(2)12(13)16(3)10-7-9(14)11(17)6-8(10)13/h6-7,12,17H,4-5H2,1-3H3/t12-,13+/m1/s1. The number of phenols is 1. The normalized spacial score (nSPS) is 31.8. The maximum absolute atomic E-state index is 9.81. The van der Waals surface area contributed by atoms with Gasteiger partial charge in [-0.15, -0.1) is 0 Å². The van der Waals surface area contributed by atoms with Crippen LogP contribution in [0.3, 0.4) is 0 Å². The van der Waals surface area contributed by atoms with Gasteiger partial charge in [-0.1, -0.05) is 18.5 Å². The predicted molar refractivity (Wildman–Crippen MR) is 69.9 cm³/mol. The van der Waals surface area contributed by atoms with Crippen molar-refractivity contribution in [2.75, 3.05) is 25.5 Å². The summed E-state index contributed by atoms with van der Waals surface area (Å²) in [5.74, 6) is 0.190. The molecule has 2 aliphatic rings. The summed E-state index contributed by atoms with van der Waals surface area (Å²) in [7, 11) is 4.25. The smallest absolute Gasteiger partial charge is 0.134 e. The van der Waals surface area contributed by atoms with Crippen LogP contribution >= 0.6 is 11.6 Å². The zero-order valence-electron chi connectivity index (χ0n) is 10.4. The molecule has 3 nitrogen and oxygen atoms in total. The van der Waals surface area contributed by atoms with Gasteiger partial charge in [0.05, 0.1) is 11.2 Å². The number of likely N-dealkylation sites (N-methyl/N-ethyl adjacent to an activating group) is 2. The van der Waals surface area contributed by atoms with Crippen molar-refractivity contribution < 1.29 is 5.11 Å². The topological polar surface area (TPSA) is 26.7 Å².